The molecule has 0 radical (unpaired) electrons. The topological polar surface area (TPSA) is 95.6 Å². The summed E-state index contributed by atoms with van der Waals surface area (Å²) < 4.78 is 40.3. The lowest BCUT2D eigenvalue weighted by Crippen LogP contribution is -2.28. The normalized spacial score (nSPS) is 15.9. The number of hydrogen-bond donors (Lipinski definition) is 2. The van der Waals surface area contributed by atoms with Gasteiger partial charge in [0.25, 0.3) is 10.0 Å². The van der Waals surface area contributed by atoms with Crippen molar-refractivity contribution >= 4 is 38.9 Å². The zero-order valence-corrected chi connectivity index (χ0v) is 19.3. The van der Waals surface area contributed by atoms with Gasteiger partial charge in [0.2, 0.25) is 11.8 Å². The summed E-state index contributed by atoms with van der Waals surface area (Å²) in [7, 11) is -3.87. The molecular weight excluding hydrogens is 457 g/mol. The van der Waals surface area contributed by atoms with Gasteiger partial charge in [-0.25, -0.2) is 12.8 Å². The first kappa shape index (κ1) is 23.4. The zero-order chi connectivity index (χ0) is 24.3. The molecule has 1 heterocycles. The zero-order valence-electron chi connectivity index (χ0n) is 18.5. The molecule has 1 fully saturated rings. The van der Waals surface area contributed by atoms with Gasteiger partial charge in [0.05, 0.1) is 10.8 Å². The van der Waals surface area contributed by atoms with Gasteiger partial charge in [0.1, 0.15) is 5.82 Å². The summed E-state index contributed by atoms with van der Waals surface area (Å²) in [6, 6.07) is 18.3. The second-order valence-electron chi connectivity index (χ2n) is 8.01. The fourth-order valence-electron chi connectivity index (χ4n) is 3.88. The first-order chi connectivity index (χ1) is 16.3. The number of carbonyl (C=O) groups excluding carboxylic acids is 2. The van der Waals surface area contributed by atoms with E-state index in [1.54, 1.807) is 17.0 Å². The number of benzene rings is 3. The molecule has 0 unspecified atom stereocenters. The van der Waals surface area contributed by atoms with Crippen LogP contribution in [0.15, 0.2) is 77.7 Å². The Labute approximate surface area is 197 Å². The molecule has 3 aromatic carbocycles. The maximum atomic E-state index is 13.1. The Balaban J connectivity index is 1.39. The third kappa shape index (κ3) is 5.09. The summed E-state index contributed by atoms with van der Waals surface area (Å²) in [4.78, 5) is 27.0. The van der Waals surface area contributed by atoms with E-state index in [2.05, 4.69) is 10.0 Å². The first-order valence-corrected chi connectivity index (χ1v) is 12.3. The van der Waals surface area contributed by atoms with Crippen LogP contribution in [0.4, 0.5) is 21.5 Å². The molecule has 3 aromatic rings. The van der Waals surface area contributed by atoms with E-state index in [1.165, 1.54) is 24.3 Å². The fraction of sp³-hybridized carbons (Fsp3) is 0.200. The lowest BCUT2D eigenvalue weighted by Gasteiger charge is -2.20. The van der Waals surface area contributed by atoms with Crippen molar-refractivity contribution in [2.24, 2.45) is 5.92 Å². The van der Waals surface area contributed by atoms with Gasteiger partial charge in [-0.05, 0) is 66.6 Å². The number of hydrogen-bond acceptors (Lipinski definition) is 4. The molecule has 0 saturated carbocycles. The van der Waals surface area contributed by atoms with Crippen LogP contribution in [0.3, 0.4) is 0 Å². The van der Waals surface area contributed by atoms with E-state index >= 15 is 0 Å². The van der Waals surface area contributed by atoms with Gasteiger partial charge in [-0.15, -0.1) is 0 Å². The molecule has 2 amide bonds. The monoisotopic (exact) mass is 481 g/mol. The van der Waals surface area contributed by atoms with Gasteiger partial charge in [-0.2, -0.15) is 0 Å². The van der Waals surface area contributed by atoms with Gasteiger partial charge < -0.3 is 10.2 Å². The van der Waals surface area contributed by atoms with E-state index in [0.717, 1.165) is 29.8 Å². The van der Waals surface area contributed by atoms with Crippen molar-refractivity contribution < 1.29 is 22.4 Å². The average Bonchev–Trinajstić information content (AvgIpc) is 3.22. The molecule has 2 N–H and O–H groups in total. The van der Waals surface area contributed by atoms with E-state index in [0.29, 0.717) is 17.9 Å². The van der Waals surface area contributed by atoms with Crippen molar-refractivity contribution in [2.75, 3.05) is 21.5 Å². The Kier molecular flexibility index (Phi) is 6.65. The molecule has 1 atom stereocenters. The predicted molar refractivity (Wildman–Crippen MR) is 129 cm³/mol. The fourth-order valence-corrected chi connectivity index (χ4v) is 4.94. The number of halogens is 1. The average molecular weight is 482 g/mol. The van der Waals surface area contributed by atoms with Crippen LogP contribution in [0, 0.1) is 11.7 Å². The van der Waals surface area contributed by atoms with Gasteiger partial charge in [-0.1, -0.05) is 25.1 Å². The first-order valence-electron chi connectivity index (χ1n) is 10.8. The van der Waals surface area contributed by atoms with Gasteiger partial charge in [0.15, 0.2) is 0 Å². The number of para-hydroxylation sites is 1. The molecule has 7 nitrogen and oxygen atoms in total. The SMILES string of the molecule is CCc1ccccc1N1C[C@@H](C(=O)Nc2ccc(NS(=O)(=O)c3ccc(F)cc3)cc2)CC1=O. The van der Waals surface area contributed by atoms with Crippen LogP contribution in [-0.4, -0.2) is 26.8 Å². The Bertz CT molecular complexity index is 1310. The van der Waals surface area contributed by atoms with E-state index in [-0.39, 0.29) is 23.1 Å². The highest BCUT2D eigenvalue weighted by atomic mass is 32.2. The number of carbonyl (C=O) groups is 2. The highest BCUT2D eigenvalue weighted by molar-refractivity contribution is 7.92. The Morgan fingerprint density at radius 3 is 2.32 bits per heavy atom. The molecule has 9 heteroatoms. The Hall–Kier alpha value is -3.72. The summed E-state index contributed by atoms with van der Waals surface area (Å²) in [5.41, 5.74) is 2.66. The standard InChI is InChI=1S/C25H24FN3O4S/c1-2-17-5-3-4-6-23(17)29-16-18(15-24(29)30)25(31)27-20-9-11-21(12-10-20)28-34(32,33)22-13-7-19(26)8-14-22/h3-14,18,28H,2,15-16H2,1H3,(H,27,31)/t18-/m0/s1. The molecule has 1 aliphatic rings. The minimum atomic E-state index is -3.87. The second-order valence-corrected chi connectivity index (χ2v) is 9.70. The summed E-state index contributed by atoms with van der Waals surface area (Å²) in [5.74, 6) is -1.38. The molecule has 176 valence electrons. The third-order valence-corrected chi connectivity index (χ3v) is 7.08. The van der Waals surface area contributed by atoms with Gasteiger partial charge in [0, 0.05) is 30.0 Å². The Morgan fingerprint density at radius 2 is 1.65 bits per heavy atom. The largest absolute Gasteiger partial charge is 0.326 e. The van der Waals surface area contributed by atoms with Crippen molar-refractivity contribution in [1.82, 2.24) is 0 Å². The van der Waals surface area contributed by atoms with Gasteiger partial charge >= 0.3 is 0 Å². The number of anilines is 3. The molecule has 1 saturated heterocycles. The van der Waals surface area contributed by atoms with E-state index < -0.39 is 21.8 Å². The molecule has 0 aliphatic carbocycles. The Morgan fingerprint density at radius 1 is 1.00 bits per heavy atom. The molecule has 0 spiro atoms. The quantitative estimate of drug-likeness (QED) is 0.529. The van der Waals surface area contributed by atoms with Crippen molar-refractivity contribution in [2.45, 2.75) is 24.7 Å². The minimum absolute atomic E-state index is 0.0635. The van der Waals surface area contributed by atoms with E-state index in [4.69, 9.17) is 0 Å². The van der Waals surface area contributed by atoms with Crippen LogP contribution in [0.1, 0.15) is 18.9 Å². The number of rotatable bonds is 7. The van der Waals surface area contributed by atoms with Crippen molar-refractivity contribution in [1.29, 1.82) is 0 Å². The maximum Gasteiger partial charge on any atom is 0.261 e. The molecular formula is C25H24FN3O4S. The summed E-state index contributed by atoms with van der Waals surface area (Å²) >= 11 is 0. The lowest BCUT2D eigenvalue weighted by molar-refractivity contribution is -0.122. The highest BCUT2D eigenvalue weighted by Gasteiger charge is 2.35. The number of amides is 2. The van der Waals surface area contributed by atoms with E-state index in [9.17, 15) is 22.4 Å². The van der Waals surface area contributed by atoms with Crippen molar-refractivity contribution in [3.8, 4) is 0 Å². The number of nitrogens with one attached hydrogen (secondary N) is 2. The smallest absolute Gasteiger partial charge is 0.261 e. The number of aryl methyl sites for hydroxylation is 1. The molecule has 1 aliphatic heterocycles. The van der Waals surface area contributed by atoms with Crippen LogP contribution in [0.2, 0.25) is 0 Å². The van der Waals surface area contributed by atoms with Crippen LogP contribution < -0.4 is 14.9 Å². The summed E-state index contributed by atoms with van der Waals surface area (Å²) in [6.07, 6.45) is 0.910. The van der Waals surface area contributed by atoms with E-state index in [1.807, 2.05) is 31.2 Å². The minimum Gasteiger partial charge on any atom is -0.326 e. The maximum absolute atomic E-state index is 13.1. The van der Waals surface area contributed by atoms with Crippen LogP contribution >= 0.6 is 0 Å². The van der Waals surface area contributed by atoms with Crippen LogP contribution in [-0.2, 0) is 26.0 Å². The second kappa shape index (κ2) is 9.64. The predicted octanol–water partition coefficient (Wildman–Crippen LogP) is 4.18. The summed E-state index contributed by atoms with van der Waals surface area (Å²) in [5, 5.41) is 2.80. The highest BCUT2D eigenvalue weighted by Crippen LogP contribution is 2.29. The van der Waals surface area contributed by atoms with Gasteiger partial charge in [-0.3, -0.25) is 14.3 Å². The lowest BCUT2D eigenvalue weighted by atomic mass is 10.1. The van der Waals surface area contributed by atoms with Crippen LogP contribution in [0.5, 0.6) is 0 Å². The number of nitrogens with zero attached hydrogens (tertiary/aromatic N) is 1. The third-order valence-electron chi connectivity index (χ3n) is 5.69. The summed E-state index contributed by atoms with van der Waals surface area (Å²) in [6.45, 7) is 2.32. The molecule has 34 heavy (non-hydrogen) atoms. The van der Waals surface area contributed by atoms with Crippen molar-refractivity contribution in [3.63, 3.8) is 0 Å². The number of sulfonamides is 1. The van der Waals surface area contributed by atoms with Crippen molar-refractivity contribution in [3.05, 3.63) is 84.2 Å². The molecule has 0 bridgehead atoms. The molecule has 4 rings (SSSR count). The molecule has 0 aromatic heterocycles. The van der Waals surface area contributed by atoms with Crippen LogP contribution in [0.25, 0.3) is 0 Å².